The molecular formula is C17H18N2O4. The van der Waals surface area contributed by atoms with Gasteiger partial charge in [-0.1, -0.05) is 12.1 Å². The Morgan fingerprint density at radius 3 is 3.09 bits per heavy atom. The van der Waals surface area contributed by atoms with Crippen LogP contribution in [0.15, 0.2) is 28.9 Å². The zero-order valence-corrected chi connectivity index (χ0v) is 12.9. The van der Waals surface area contributed by atoms with Gasteiger partial charge in [0.25, 0.3) is 0 Å². The zero-order chi connectivity index (χ0) is 16.0. The molecule has 1 aromatic carbocycles. The summed E-state index contributed by atoms with van der Waals surface area (Å²) in [5.74, 6) is 0.0623. The standard InChI is InChI=1S/C17H18N2O4/c1-11-2-3-14-12(9-22-15(14)6-11)7-16(20)18-4-5-19-13(8-18)10-23-17(19)21/h2-3,6,9,13H,4-5,7-8,10H2,1H3/t13-/m0/s1. The molecule has 0 N–H and O–H groups in total. The van der Waals surface area contributed by atoms with Crippen LogP contribution in [0.5, 0.6) is 0 Å². The largest absolute Gasteiger partial charge is 0.464 e. The molecule has 6 heteroatoms. The van der Waals surface area contributed by atoms with E-state index in [1.807, 2.05) is 30.0 Å². The maximum atomic E-state index is 12.6. The van der Waals surface area contributed by atoms with Crippen molar-refractivity contribution in [2.75, 3.05) is 26.2 Å². The average Bonchev–Trinajstić information content (AvgIpc) is 3.11. The number of hydrogen-bond acceptors (Lipinski definition) is 4. The number of rotatable bonds is 2. The van der Waals surface area contributed by atoms with Crippen LogP contribution in [0.1, 0.15) is 11.1 Å². The molecule has 2 saturated heterocycles. The third kappa shape index (κ3) is 2.44. The van der Waals surface area contributed by atoms with Crippen molar-refractivity contribution in [3.05, 3.63) is 35.6 Å². The molecule has 1 aromatic heterocycles. The van der Waals surface area contributed by atoms with Crippen LogP contribution in [0.2, 0.25) is 0 Å². The van der Waals surface area contributed by atoms with Crippen molar-refractivity contribution in [3.8, 4) is 0 Å². The van der Waals surface area contributed by atoms with E-state index >= 15 is 0 Å². The molecule has 6 nitrogen and oxygen atoms in total. The maximum absolute atomic E-state index is 12.6. The Morgan fingerprint density at radius 1 is 1.35 bits per heavy atom. The summed E-state index contributed by atoms with van der Waals surface area (Å²) in [5.41, 5.74) is 2.85. The second-order valence-corrected chi connectivity index (χ2v) is 6.20. The van der Waals surface area contributed by atoms with Gasteiger partial charge in [-0.05, 0) is 18.6 Å². The third-order valence-corrected chi connectivity index (χ3v) is 4.62. The predicted molar refractivity (Wildman–Crippen MR) is 83.1 cm³/mol. The van der Waals surface area contributed by atoms with E-state index in [0.29, 0.717) is 32.7 Å². The summed E-state index contributed by atoms with van der Waals surface area (Å²) < 4.78 is 10.6. The first-order valence-corrected chi connectivity index (χ1v) is 7.80. The Labute approximate surface area is 133 Å². The summed E-state index contributed by atoms with van der Waals surface area (Å²) >= 11 is 0. The molecule has 2 fully saturated rings. The minimum absolute atomic E-state index is 0.0102. The van der Waals surface area contributed by atoms with Crippen molar-refractivity contribution in [3.63, 3.8) is 0 Å². The van der Waals surface area contributed by atoms with Crippen LogP contribution in [0.4, 0.5) is 4.79 Å². The SMILES string of the molecule is Cc1ccc2c(CC(=O)N3CCN4C(=O)OC[C@@H]4C3)coc2c1. The number of furan rings is 1. The van der Waals surface area contributed by atoms with Crippen molar-refractivity contribution in [2.24, 2.45) is 0 Å². The van der Waals surface area contributed by atoms with E-state index in [9.17, 15) is 9.59 Å². The van der Waals surface area contributed by atoms with Gasteiger partial charge in [0.2, 0.25) is 5.91 Å². The molecule has 0 aliphatic carbocycles. The Balaban J connectivity index is 1.48. The molecule has 4 rings (SSSR count). The minimum atomic E-state index is -0.265. The fraction of sp³-hybridized carbons (Fsp3) is 0.412. The lowest BCUT2D eigenvalue weighted by molar-refractivity contribution is -0.132. The summed E-state index contributed by atoms with van der Waals surface area (Å²) in [7, 11) is 0. The Morgan fingerprint density at radius 2 is 2.22 bits per heavy atom. The lowest BCUT2D eigenvalue weighted by Gasteiger charge is -2.35. The van der Waals surface area contributed by atoms with Gasteiger partial charge in [-0.15, -0.1) is 0 Å². The predicted octanol–water partition coefficient (Wildman–Crippen LogP) is 1.95. The van der Waals surface area contributed by atoms with Gasteiger partial charge in [0.1, 0.15) is 12.2 Å². The molecule has 2 aliphatic rings. The molecule has 23 heavy (non-hydrogen) atoms. The van der Waals surface area contributed by atoms with Crippen LogP contribution < -0.4 is 0 Å². The lowest BCUT2D eigenvalue weighted by Crippen LogP contribution is -2.54. The molecular weight excluding hydrogens is 296 g/mol. The van der Waals surface area contributed by atoms with Crippen LogP contribution in [-0.4, -0.2) is 54.1 Å². The summed E-state index contributed by atoms with van der Waals surface area (Å²) in [5, 5.41) is 0.988. The highest BCUT2D eigenvalue weighted by Crippen LogP contribution is 2.24. The Hall–Kier alpha value is -2.50. The first-order chi connectivity index (χ1) is 11.1. The molecule has 0 radical (unpaired) electrons. The van der Waals surface area contributed by atoms with E-state index in [-0.39, 0.29) is 18.0 Å². The van der Waals surface area contributed by atoms with Crippen molar-refractivity contribution < 1.29 is 18.7 Å². The van der Waals surface area contributed by atoms with Gasteiger partial charge in [0.15, 0.2) is 0 Å². The van der Waals surface area contributed by atoms with Gasteiger partial charge in [-0.25, -0.2) is 4.79 Å². The number of amides is 2. The summed E-state index contributed by atoms with van der Waals surface area (Å²) in [6, 6.07) is 5.98. The molecule has 120 valence electrons. The molecule has 0 spiro atoms. The molecule has 3 heterocycles. The number of hydrogen-bond donors (Lipinski definition) is 0. The van der Waals surface area contributed by atoms with E-state index in [4.69, 9.17) is 9.15 Å². The number of nitrogens with zero attached hydrogens (tertiary/aromatic N) is 2. The number of piperazine rings is 1. The van der Waals surface area contributed by atoms with Crippen molar-refractivity contribution in [1.82, 2.24) is 9.80 Å². The highest BCUT2D eigenvalue weighted by Gasteiger charge is 2.38. The molecule has 2 amide bonds. The van der Waals surface area contributed by atoms with Crippen LogP contribution >= 0.6 is 0 Å². The number of aryl methyl sites for hydroxylation is 1. The second kappa shape index (κ2) is 5.30. The van der Waals surface area contributed by atoms with Crippen LogP contribution in [-0.2, 0) is 16.0 Å². The number of carbonyl (C=O) groups is 2. The van der Waals surface area contributed by atoms with Gasteiger partial charge in [0.05, 0.1) is 18.7 Å². The molecule has 0 unspecified atom stereocenters. The van der Waals surface area contributed by atoms with E-state index in [2.05, 4.69) is 0 Å². The van der Waals surface area contributed by atoms with Gasteiger partial charge in [-0.2, -0.15) is 0 Å². The smallest absolute Gasteiger partial charge is 0.410 e. The maximum Gasteiger partial charge on any atom is 0.410 e. The van der Waals surface area contributed by atoms with Crippen molar-refractivity contribution >= 4 is 23.0 Å². The van der Waals surface area contributed by atoms with E-state index in [1.54, 1.807) is 11.2 Å². The first-order valence-electron chi connectivity index (χ1n) is 7.80. The molecule has 2 aliphatic heterocycles. The van der Waals surface area contributed by atoms with Crippen molar-refractivity contribution in [2.45, 2.75) is 19.4 Å². The molecule has 2 aromatic rings. The van der Waals surface area contributed by atoms with Crippen LogP contribution in [0.25, 0.3) is 11.0 Å². The van der Waals surface area contributed by atoms with Crippen LogP contribution in [0.3, 0.4) is 0 Å². The quantitative estimate of drug-likeness (QED) is 0.850. The number of benzene rings is 1. The third-order valence-electron chi connectivity index (χ3n) is 4.62. The van der Waals surface area contributed by atoms with E-state index in [0.717, 1.165) is 22.1 Å². The first kappa shape index (κ1) is 14.1. The zero-order valence-electron chi connectivity index (χ0n) is 12.9. The van der Waals surface area contributed by atoms with Gasteiger partial charge in [-0.3, -0.25) is 9.69 Å². The second-order valence-electron chi connectivity index (χ2n) is 6.20. The summed E-state index contributed by atoms with van der Waals surface area (Å²) in [6.07, 6.45) is 1.72. The average molecular weight is 314 g/mol. The van der Waals surface area contributed by atoms with Gasteiger partial charge in [0, 0.05) is 30.6 Å². The molecule has 0 bridgehead atoms. The Kier molecular flexibility index (Phi) is 3.25. The summed E-state index contributed by atoms with van der Waals surface area (Å²) in [6.45, 7) is 4.02. The van der Waals surface area contributed by atoms with E-state index in [1.165, 1.54) is 0 Å². The minimum Gasteiger partial charge on any atom is -0.464 e. The van der Waals surface area contributed by atoms with Gasteiger partial charge >= 0.3 is 6.09 Å². The number of ether oxygens (including phenoxy) is 1. The number of fused-ring (bicyclic) bond motifs is 2. The van der Waals surface area contributed by atoms with Gasteiger partial charge < -0.3 is 14.1 Å². The Bertz CT molecular complexity index is 782. The lowest BCUT2D eigenvalue weighted by atomic mass is 10.1. The van der Waals surface area contributed by atoms with E-state index < -0.39 is 0 Å². The van der Waals surface area contributed by atoms with Crippen molar-refractivity contribution in [1.29, 1.82) is 0 Å². The number of carbonyl (C=O) groups excluding carboxylic acids is 2. The normalized spacial score (nSPS) is 20.7. The summed E-state index contributed by atoms with van der Waals surface area (Å²) in [4.78, 5) is 27.6. The number of cyclic esters (lactones) is 1. The fourth-order valence-corrected chi connectivity index (χ4v) is 3.32. The van der Waals surface area contributed by atoms with Crippen LogP contribution in [0, 0.1) is 6.92 Å². The monoisotopic (exact) mass is 314 g/mol. The highest BCUT2D eigenvalue weighted by molar-refractivity contribution is 5.88. The molecule has 0 saturated carbocycles. The fourth-order valence-electron chi connectivity index (χ4n) is 3.32. The molecule has 1 atom stereocenters. The topological polar surface area (TPSA) is 63.0 Å². The highest BCUT2D eigenvalue weighted by atomic mass is 16.6.